The first-order valence-corrected chi connectivity index (χ1v) is 12.0. The lowest BCUT2D eigenvalue weighted by Gasteiger charge is -2.46. The third kappa shape index (κ3) is 4.14. The van der Waals surface area contributed by atoms with Crippen LogP contribution in [0.5, 0.6) is 0 Å². The van der Waals surface area contributed by atoms with E-state index in [1.54, 1.807) is 4.90 Å². The zero-order valence-electron chi connectivity index (χ0n) is 19.2. The third-order valence-electron chi connectivity index (χ3n) is 7.78. The average Bonchev–Trinajstić information content (AvgIpc) is 3.46. The molecule has 31 heavy (non-hydrogen) atoms. The van der Waals surface area contributed by atoms with E-state index in [1.165, 1.54) is 31.4 Å². The molecule has 2 bridgehead atoms. The van der Waals surface area contributed by atoms with E-state index in [9.17, 15) is 4.79 Å². The van der Waals surface area contributed by atoms with Crippen LogP contribution in [0.4, 0.5) is 0 Å². The highest BCUT2D eigenvalue weighted by molar-refractivity contribution is 5.79. The van der Waals surface area contributed by atoms with Crippen LogP contribution in [0.15, 0.2) is 30.5 Å². The van der Waals surface area contributed by atoms with E-state index in [0.717, 1.165) is 43.9 Å². The number of aromatic nitrogens is 3. The molecule has 4 saturated heterocycles. The van der Waals surface area contributed by atoms with Gasteiger partial charge in [-0.2, -0.15) is 0 Å². The van der Waals surface area contributed by atoms with Crippen molar-refractivity contribution in [2.75, 3.05) is 26.2 Å². The standard InChI is InChI=1S/C25H35N5O/c1-25(2,3)20-8-6-18(7-9-20)23-17-30(27-26-23)15-21-14-19-10-13-29(21)16-22(19)24(31)28-11-4-5-12-28/h6-9,17,19,21-22H,4-5,10-16H2,1-3H3/p+1/t19-,21+,22-/m0/s1. The highest BCUT2D eigenvalue weighted by atomic mass is 16.2. The van der Waals surface area contributed by atoms with Gasteiger partial charge in [0.05, 0.1) is 31.7 Å². The SMILES string of the molecule is CC(C)(C)c1ccc(-c2cn(C[C@H]3C[C@@H]4CC[NH+]3C[C@@H]4C(=O)N3CCCC3)nn2)cc1. The molecule has 1 aromatic carbocycles. The van der Waals surface area contributed by atoms with Gasteiger partial charge < -0.3 is 9.80 Å². The quantitative estimate of drug-likeness (QED) is 0.822. The lowest BCUT2D eigenvalue weighted by molar-refractivity contribution is -0.945. The Morgan fingerprint density at radius 3 is 2.55 bits per heavy atom. The zero-order chi connectivity index (χ0) is 21.6. The number of nitrogens with zero attached hydrogens (tertiary/aromatic N) is 4. The number of piperidine rings is 3. The van der Waals surface area contributed by atoms with Gasteiger partial charge >= 0.3 is 0 Å². The Morgan fingerprint density at radius 1 is 1.16 bits per heavy atom. The van der Waals surface area contributed by atoms with Gasteiger partial charge in [-0.05, 0) is 29.7 Å². The summed E-state index contributed by atoms with van der Waals surface area (Å²) < 4.78 is 2.02. The number of quaternary nitrogens is 1. The molecule has 4 atom stereocenters. The molecule has 166 valence electrons. The minimum Gasteiger partial charge on any atom is -0.342 e. The summed E-state index contributed by atoms with van der Waals surface area (Å²) in [4.78, 5) is 16.7. The fourth-order valence-electron chi connectivity index (χ4n) is 5.86. The van der Waals surface area contributed by atoms with Crippen molar-refractivity contribution < 1.29 is 9.69 Å². The minimum atomic E-state index is 0.154. The molecule has 0 radical (unpaired) electrons. The Kier molecular flexibility index (Phi) is 5.37. The maximum absolute atomic E-state index is 13.0. The van der Waals surface area contributed by atoms with E-state index in [-0.39, 0.29) is 11.3 Å². The summed E-state index contributed by atoms with van der Waals surface area (Å²) in [5.74, 6) is 1.22. The number of amides is 1. The summed E-state index contributed by atoms with van der Waals surface area (Å²) in [5.41, 5.74) is 3.54. The van der Waals surface area contributed by atoms with Crippen LogP contribution in [0.1, 0.15) is 52.0 Å². The van der Waals surface area contributed by atoms with Gasteiger partial charge in [-0.1, -0.05) is 50.3 Å². The van der Waals surface area contributed by atoms with Crippen LogP contribution in [-0.4, -0.2) is 58.0 Å². The Balaban J connectivity index is 1.23. The maximum Gasteiger partial charge on any atom is 0.231 e. The molecule has 1 aromatic heterocycles. The van der Waals surface area contributed by atoms with Gasteiger partial charge in [0, 0.05) is 31.5 Å². The molecule has 6 rings (SSSR count). The predicted octanol–water partition coefficient (Wildman–Crippen LogP) is 2.16. The molecule has 0 aliphatic carbocycles. The van der Waals surface area contributed by atoms with Crippen LogP contribution in [0.3, 0.4) is 0 Å². The van der Waals surface area contributed by atoms with E-state index in [2.05, 4.69) is 66.4 Å². The summed E-state index contributed by atoms with van der Waals surface area (Å²) >= 11 is 0. The van der Waals surface area contributed by atoms with E-state index >= 15 is 0 Å². The molecule has 1 unspecified atom stereocenters. The molecule has 2 aromatic rings. The largest absolute Gasteiger partial charge is 0.342 e. The van der Waals surface area contributed by atoms with Crippen LogP contribution < -0.4 is 4.90 Å². The van der Waals surface area contributed by atoms with E-state index < -0.39 is 0 Å². The molecular weight excluding hydrogens is 386 g/mol. The number of rotatable bonds is 4. The smallest absolute Gasteiger partial charge is 0.231 e. The lowest BCUT2D eigenvalue weighted by Crippen LogP contribution is -3.20. The monoisotopic (exact) mass is 422 g/mol. The molecule has 6 heteroatoms. The minimum absolute atomic E-state index is 0.154. The lowest BCUT2D eigenvalue weighted by atomic mass is 9.75. The van der Waals surface area contributed by atoms with Crippen molar-refractivity contribution in [3.05, 3.63) is 36.0 Å². The number of hydrogen-bond acceptors (Lipinski definition) is 3. The van der Waals surface area contributed by atoms with E-state index in [1.807, 2.05) is 4.68 Å². The molecule has 6 nitrogen and oxygen atoms in total. The van der Waals surface area contributed by atoms with Gasteiger partial charge in [0.2, 0.25) is 5.91 Å². The highest BCUT2D eigenvalue weighted by Crippen LogP contribution is 2.30. The van der Waals surface area contributed by atoms with Crippen molar-refractivity contribution >= 4 is 5.91 Å². The summed E-state index contributed by atoms with van der Waals surface area (Å²) in [7, 11) is 0. The van der Waals surface area contributed by atoms with Crippen molar-refractivity contribution in [3.63, 3.8) is 0 Å². The number of benzene rings is 1. The molecule has 4 aliphatic rings. The fraction of sp³-hybridized carbons (Fsp3) is 0.640. The topological polar surface area (TPSA) is 55.5 Å². The van der Waals surface area contributed by atoms with Gasteiger partial charge in [0.15, 0.2) is 0 Å². The third-order valence-corrected chi connectivity index (χ3v) is 7.78. The van der Waals surface area contributed by atoms with Crippen LogP contribution in [0, 0.1) is 11.8 Å². The Hall–Kier alpha value is -2.21. The van der Waals surface area contributed by atoms with Crippen molar-refractivity contribution in [2.24, 2.45) is 11.8 Å². The van der Waals surface area contributed by atoms with Crippen molar-refractivity contribution in [1.29, 1.82) is 0 Å². The molecule has 5 heterocycles. The van der Waals surface area contributed by atoms with Crippen LogP contribution in [-0.2, 0) is 16.8 Å². The molecule has 0 spiro atoms. The number of nitrogens with one attached hydrogen (secondary N) is 1. The number of carbonyl (C=O) groups is 1. The number of hydrogen-bond donors (Lipinski definition) is 1. The van der Waals surface area contributed by atoms with Gasteiger partial charge in [0.1, 0.15) is 11.7 Å². The van der Waals surface area contributed by atoms with Crippen LogP contribution in [0.2, 0.25) is 0 Å². The molecule has 0 saturated carbocycles. The van der Waals surface area contributed by atoms with Gasteiger partial charge in [-0.3, -0.25) is 4.79 Å². The normalized spacial score (nSPS) is 28.3. The van der Waals surface area contributed by atoms with Gasteiger partial charge in [-0.15, -0.1) is 5.10 Å². The van der Waals surface area contributed by atoms with Crippen molar-refractivity contribution in [2.45, 2.75) is 64.5 Å². The molecule has 1 N–H and O–H groups in total. The molecular formula is C25H36N5O+. The second-order valence-electron chi connectivity index (χ2n) is 10.9. The predicted molar refractivity (Wildman–Crippen MR) is 121 cm³/mol. The first kappa shape index (κ1) is 20.7. The summed E-state index contributed by atoms with van der Waals surface area (Å²) in [5, 5.41) is 8.88. The van der Waals surface area contributed by atoms with Crippen LogP contribution in [0.25, 0.3) is 11.3 Å². The second kappa shape index (κ2) is 8.05. The van der Waals surface area contributed by atoms with Gasteiger partial charge in [-0.25, -0.2) is 4.68 Å². The number of likely N-dealkylation sites (tertiary alicyclic amines) is 1. The number of carbonyl (C=O) groups excluding carboxylic acids is 1. The number of fused-ring (bicyclic) bond motifs is 3. The Bertz CT molecular complexity index is 922. The summed E-state index contributed by atoms with van der Waals surface area (Å²) in [6.07, 6.45) is 6.77. The summed E-state index contributed by atoms with van der Waals surface area (Å²) in [6.45, 7) is 11.7. The fourth-order valence-corrected chi connectivity index (χ4v) is 5.86. The molecule has 4 aliphatic heterocycles. The highest BCUT2D eigenvalue weighted by Gasteiger charge is 2.47. The first-order valence-electron chi connectivity index (χ1n) is 12.0. The maximum atomic E-state index is 13.0. The molecule has 4 fully saturated rings. The average molecular weight is 423 g/mol. The first-order chi connectivity index (χ1) is 14.9. The second-order valence-corrected chi connectivity index (χ2v) is 10.9. The molecule has 1 amide bonds. The Morgan fingerprint density at radius 2 is 1.90 bits per heavy atom. The van der Waals surface area contributed by atoms with E-state index in [0.29, 0.717) is 17.9 Å². The summed E-state index contributed by atoms with van der Waals surface area (Å²) in [6, 6.07) is 9.24. The van der Waals surface area contributed by atoms with E-state index in [4.69, 9.17) is 0 Å². The Labute approximate surface area is 185 Å². The van der Waals surface area contributed by atoms with Gasteiger partial charge in [0.25, 0.3) is 0 Å². The van der Waals surface area contributed by atoms with Crippen molar-refractivity contribution in [1.82, 2.24) is 19.9 Å². The zero-order valence-corrected chi connectivity index (χ0v) is 19.2. The van der Waals surface area contributed by atoms with Crippen molar-refractivity contribution in [3.8, 4) is 11.3 Å². The van der Waals surface area contributed by atoms with Crippen LogP contribution >= 0.6 is 0 Å².